The summed E-state index contributed by atoms with van der Waals surface area (Å²) in [6.45, 7) is 5.70. The molecule has 0 aliphatic carbocycles. The van der Waals surface area contributed by atoms with Crippen molar-refractivity contribution in [3.8, 4) is 0 Å². The average Bonchev–Trinajstić information content (AvgIpc) is 2.31. The molecule has 0 saturated carbocycles. The van der Waals surface area contributed by atoms with Crippen LogP contribution in [0.1, 0.15) is 20.8 Å². The molecule has 0 aliphatic rings. The van der Waals surface area contributed by atoms with E-state index in [1.54, 1.807) is 18.2 Å². The summed E-state index contributed by atoms with van der Waals surface area (Å²) in [5.41, 5.74) is 0.0679. The first-order chi connectivity index (χ1) is 9.69. The maximum absolute atomic E-state index is 11.8. The zero-order valence-corrected chi connectivity index (χ0v) is 13.7. The van der Waals surface area contributed by atoms with Gasteiger partial charge < -0.3 is 10.6 Å². The zero-order chi connectivity index (χ0) is 16.0. The van der Waals surface area contributed by atoms with Gasteiger partial charge in [0.05, 0.1) is 28.8 Å². The highest BCUT2D eigenvalue weighted by atomic mass is 35.5. The topological polar surface area (TPSA) is 70.2 Å². The monoisotopic (exact) mass is 331 g/mol. The minimum atomic E-state index is -0.325. The standard InChI is InChI=1S/C14H19Cl2N3O2/c1-14(2,3)19-12(21)8-17-7-11(20)18-13-9(15)5-4-6-10(13)16/h4-6,17H,7-8H2,1-3H3,(H,18,20)(H,19,21). The summed E-state index contributed by atoms with van der Waals surface area (Å²) in [5.74, 6) is -0.500. The summed E-state index contributed by atoms with van der Waals surface area (Å²) in [4.78, 5) is 23.3. The first-order valence-electron chi connectivity index (χ1n) is 6.44. The van der Waals surface area contributed by atoms with Crippen molar-refractivity contribution >= 4 is 40.7 Å². The van der Waals surface area contributed by atoms with Crippen molar-refractivity contribution in [2.75, 3.05) is 18.4 Å². The lowest BCUT2D eigenvalue weighted by atomic mass is 10.1. The van der Waals surface area contributed by atoms with Crippen LogP contribution in [0.5, 0.6) is 0 Å². The Morgan fingerprint density at radius 1 is 1.05 bits per heavy atom. The Morgan fingerprint density at radius 3 is 2.10 bits per heavy atom. The van der Waals surface area contributed by atoms with E-state index in [-0.39, 0.29) is 30.4 Å². The fourth-order valence-electron chi connectivity index (χ4n) is 1.55. The third-order valence-corrected chi connectivity index (χ3v) is 2.94. The summed E-state index contributed by atoms with van der Waals surface area (Å²) < 4.78 is 0. The van der Waals surface area contributed by atoms with Gasteiger partial charge in [0.15, 0.2) is 0 Å². The molecule has 0 radical (unpaired) electrons. The van der Waals surface area contributed by atoms with E-state index in [1.165, 1.54) is 0 Å². The van der Waals surface area contributed by atoms with Crippen LogP contribution < -0.4 is 16.0 Å². The van der Waals surface area contributed by atoms with Crippen molar-refractivity contribution in [1.29, 1.82) is 0 Å². The lowest BCUT2D eigenvalue weighted by Gasteiger charge is -2.20. The number of amides is 2. The van der Waals surface area contributed by atoms with Gasteiger partial charge in [-0.2, -0.15) is 0 Å². The Kier molecular flexibility index (Phi) is 6.45. The fourth-order valence-corrected chi connectivity index (χ4v) is 2.04. The molecule has 21 heavy (non-hydrogen) atoms. The number of nitrogens with one attached hydrogen (secondary N) is 3. The van der Waals surface area contributed by atoms with Crippen molar-refractivity contribution in [1.82, 2.24) is 10.6 Å². The summed E-state index contributed by atoms with van der Waals surface area (Å²) in [5, 5.41) is 8.87. The van der Waals surface area contributed by atoms with Gasteiger partial charge in [-0.3, -0.25) is 14.9 Å². The molecule has 1 rings (SSSR count). The Balaban J connectivity index is 2.40. The van der Waals surface area contributed by atoms with E-state index >= 15 is 0 Å². The Bertz CT molecular complexity index is 507. The number of hydrogen-bond acceptors (Lipinski definition) is 3. The molecule has 0 heterocycles. The molecular weight excluding hydrogens is 313 g/mol. The number of rotatable bonds is 5. The van der Waals surface area contributed by atoms with Crippen molar-refractivity contribution in [3.63, 3.8) is 0 Å². The summed E-state index contributed by atoms with van der Waals surface area (Å²) >= 11 is 11.9. The number of carbonyl (C=O) groups is 2. The normalized spacial score (nSPS) is 11.1. The molecule has 5 nitrogen and oxygen atoms in total. The predicted octanol–water partition coefficient (Wildman–Crippen LogP) is 2.44. The predicted molar refractivity (Wildman–Crippen MR) is 85.9 cm³/mol. The van der Waals surface area contributed by atoms with Gasteiger partial charge in [0.2, 0.25) is 11.8 Å². The van der Waals surface area contributed by atoms with E-state index in [1.807, 2.05) is 20.8 Å². The third-order valence-electron chi connectivity index (χ3n) is 2.31. The summed E-state index contributed by atoms with van der Waals surface area (Å²) in [6, 6.07) is 4.95. The third kappa shape index (κ3) is 6.80. The van der Waals surface area contributed by atoms with Crippen molar-refractivity contribution in [2.24, 2.45) is 0 Å². The van der Waals surface area contributed by atoms with Crippen LogP contribution in [0.2, 0.25) is 10.0 Å². The molecule has 7 heteroatoms. The first-order valence-corrected chi connectivity index (χ1v) is 7.20. The van der Waals surface area contributed by atoms with Gasteiger partial charge in [-0.25, -0.2) is 0 Å². The smallest absolute Gasteiger partial charge is 0.238 e. The second kappa shape index (κ2) is 7.64. The van der Waals surface area contributed by atoms with Gasteiger partial charge in [0.1, 0.15) is 0 Å². The van der Waals surface area contributed by atoms with E-state index in [4.69, 9.17) is 23.2 Å². The molecular formula is C14H19Cl2N3O2. The van der Waals surface area contributed by atoms with Crippen LogP contribution in [-0.4, -0.2) is 30.4 Å². The lowest BCUT2D eigenvalue weighted by Crippen LogP contribution is -2.45. The fraction of sp³-hybridized carbons (Fsp3) is 0.429. The maximum Gasteiger partial charge on any atom is 0.238 e. The number of anilines is 1. The van der Waals surface area contributed by atoms with Crippen LogP contribution >= 0.6 is 23.2 Å². The summed E-state index contributed by atoms with van der Waals surface area (Å²) in [6.07, 6.45) is 0. The molecule has 0 bridgehead atoms. The van der Waals surface area contributed by atoms with E-state index in [0.717, 1.165) is 0 Å². The van der Waals surface area contributed by atoms with Crippen LogP contribution in [0.4, 0.5) is 5.69 Å². The molecule has 0 saturated heterocycles. The van der Waals surface area contributed by atoms with E-state index in [2.05, 4.69) is 16.0 Å². The maximum atomic E-state index is 11.8. The molecule has 1 aromatic carbocycles. The highest BCUT2D eigenvalue weighted by molar-refractivity contribution is 6.39. The van der Waals surface area contributed by atoms with E-state index in [0.29, 0.717) is 15.7 Å². The molecule has 0 aliphatic heterocycles. The van der Waals surface area contributed by atoms with Crippen LogP contribution in [0, 0.1) is 0 Å². The number of halogens is 2. The quantitative estimate of drug-likeness (QED) is 0.776. The van der Waals surface area contributed by atoms with Crippen molar-refractivity contribution < 1.29 is 9.59 Å². The molecule has 3 N–H and O–H groups in total. The van der Waals surface area contributed by atoms with Gasteiger partial charge >= 0.3 is 0 Å². The lowest BCUT2D eigenvalue weighted by molar-refractivity contribution is -0.121. The number of hydrogen-bond donors (Lipinski definition) is 3. The Morgan fingerprint density at radius 2 is 1.57 bits per heavy atom. The van der Waals surface area contributed by atoms with Gasteiger partial charge in [-0.15, -0.1) is 0 Å². The van der Waals surface area contributed by atoms with Gasteiger partial charge in [0.25, 0.3) is 0 Å². The zero-order valence-electron chi connectivity index (χ0n) is 12.2. The average molecular weight is 332 g/mol. The minimum Gasteiger partial charge on any atom is -0.350 e. The highest BCUT2D eigenvalue weighted by Crippen LogP contribution is 2.29. The van der Waals surface area contributed by atoms with E-state index in [9.17, 15) is 9.59 Å². The largest absolute Gasteiger partial charge is 0.350 e. The summed E-state index contributed by atoms with van der Waals surface area (Å²) in [7, 11) is 0. The minimum absolute atomic E-state index is 0.0148. The van der Waals surface area contributed by atoms with Gasteiger partial charge in [0, 0.05) is 5.54 Å². The van der Waals surface area contributed by atoms with Crippen LogP contribution in [-0.2, 0) is 9.59 Å². The Labute approximate surface area is 134 Å². The Hall–Kier alpha value is -1.30. The molecule has 0 spiro atoms. The molecule has 116 valence electrons. The van der Waals surface area contributed by atoms with Crippen LogP contribution in [0.25, 0.3) is 0 Å². The van der Waals surface area contributed by atoms with Crippen molar-refractivity contribution in [2.45, 2.75) is 26.3 Å². The molecule has 0 fully saturated rings. The highest BCUT2D eigenvalue weighted by Gasteiger charge is 2.14. The first kappa shape index (κ1) is 17.8. The van der Waals surface area contributed by atoms with Gasteiger partial charge in [-0.1, -0.05) is 29.3 Å². The van der Waals surface area contributed by atoms with Crippen LogP contribution in [0.3, 0.4) is 0 Å². The molecule has 2 amide bonds. The second-order valence-electron chi connectivity index (χ2n) is 5.55. The number of carbonyl (C=O) groups excluding carboxylic acids is 2. The van der Waals surface area contributed by atoms with Gasteiger partial charge in [-0.05, 0) is 32.9 Å². The molecule has 0 aromatic heterocycles. The van der Waals surface area contributed by atoms with Crippen LogP contribution in [0.15, 0.2) is 18.2 Å². The molecule has 0 atom stereocenters. The van der Waals surface area contributed by atoms with Crippen molar-refractivity contribution in [3.05, 3.63) is 28.2 Å². The molecule has 0 unspecified atom stereocenters. The number of para-hydroxylation sites is 1. The molecule has 1 aromatic rings. The SMILES string of the molecule is CC(C)(C)NC(=O)CNCC(=O)Nc1c(Cl)cccc1Cl. The van der Waals surface area contributed by atoms with E-state index < -0.39 is 0 Å². The second-order valence-corrected chi connectivity index (χ2v) is 6.36. The number of benzene rings is 1.